The molecule has 3 aliphatic rings. The smallest absolute Gasteiger partial charge is 0.248 e. The molecule has 3 amide bonds. The number of carbonyl (C=O) groups is 3. The zero-order valence-corrected chi connectivity index (χ0v) is 25.5. The maximum Gasteiger partial charge on any atom is 0.248 e. The topological polar surface area (TPSA) is 112 Å². The van der Waals surface area contributed by atoms with Gasteiger partial charge in [-0.15, -0.1) is 30.0 Å². The van der Waals surface area contributed by atoms with Crippen LogP contribution >= 0.6 is 11.8 Å². The number of carbonyl (C=O) groups excluding carboxylic acids is 3. The van der Waals surface area contributed by atoms with E-state index in [1.165, 1.54) is 0 Å². The van der Waals surface area contributed by atoms with Crippen molar-refractivity contribution >= 4 is 40.5 Å². The third kappa shape index (κ3) is 5.11. The average Bonchev–Trinajstić information content (AvgIpc) is 3.79. The monoisotopic (exact) mass is 614 g/mol. The summed E-state index contributed by atoms with van der Waals surface area (Å²) in [5.74, 6) is -1.60. The van der Waals surface area contributed by atoms with Crippen LogP contribution in [0.3, 0.4) is 0 Å². The standard InChI is InChI=1S/C33H38N6O4S/c1-3-17-36(21-23-11-6-5-7-12-23)30(41)27-26-15-16-33(44-26)28(27)31(42)38(19-10-20-40)29(33)32(43)37(18-4-2)22-39-25-14-9-8-13-24(25)34-35-39/h3-9,11-14,26-29,40H,1-2,10,15-22H2/t26-,27+,28+,29?,33?/m1/s1. The number of likely N-dealkylation sites (tertiary alicyclic amines) is 1. The molecule has 10 nitrogen and oxygen atoms in total. The van der Waals surface area contributed by atoms with Crippen molar-refractivity contribution in [3.8, 4) is 0 Å². The van der Waals surface area contributed by atoms with E-state index in [-0.39, 0.29) is 49.3 Å². The molecule has 0 radical (unpaired) electrons. The number of thioether (sulfide) groups is 1. The van der Waals surface area contributed by atoms with Crippen molar-refractivity contribution in [3.05, 3.63) is 85.5 Å². The van der Waals surface area contributed by atoms with Crippen LogP contribution < -0.4 is 0 Å². The Morgan fingerprint density at radius 2 is 1.77 bits per heavy atom. The van der Waals surface area contributed by atoms with Crippen LogP contribution in [-0.2, 0) is 27.6 Å². The molecule has 1 spiro atoms. The minimum Gasteiger partial charge on any atom is -0.396 e. The summed E-state index contributed by atoms with van der Waals surface area (Å²) in [6, 6.07) is 16.6. The highest BCUT2D eigenvalue weighted by Crippen LogP contribution is 2.66. The molecule has 2 aromatic carbocycles. The lowest BCUT2D eigenvalue weighted by Crippen LogP contribution is -2.55. The predicted molar refractivity (Wildman–Crippen MR) is 169 cm³/mol. The van der Waals surface area contributed by atoms with E-state index in [9.17, 15) is 19.5 Å². The SMILES string of the molecule is C=CCN(Cn1nnc2ccccc21)C(=O)C1N(CCCO)C(=O)[C@@H]2[C@@H](C(=O)N(CC=C)Cc3ccccc3)[C@H]3CCC12S3. The molecule has 3 fully saturated rings. The molecule has 11 heteroatoms. The molecule has 0 saturated carbocycles. The van der Waals surface area contributed by atoms with Crippen molar-refractivity contribution in [2.75, 3.05) is 26.2 Å². The molecule has 6 rings (SSSR count). The predicted octanol–water partition coefficient (Wildman–Crippen LogP) is 3.09. The fraction of sp³-hybridized carbons (Fsp3) is 0.424. The Hall–Kier alpha value is -3.96. The molecule has 3 aromatic rings. The second-order valence-electron chi connectivity index (χ2n) is 11.7. The Morgan fingerprint density at radius 3 is 2.52 bits per heavy atom. The maximum absolute atomic E-state index is 14.6. The number of rotatable bonds is 13. The first-order valence-corrected chi connectivity index (χ1v) is 16.0. The van der Waals surface area contributed by atoms with Gasteiger partial charge in [0.15, 0.2) is 0 Å². The lowest BCUT2D eigenvalue weighted by Gasteiger charge is -2.37. The highest BCUT2D eigenvalue weighted by atomic mass is 32.2. The molecular formula is C33H38N6O4S. The first-order chi connectivity index (χ1) is 21.4. The number of hydrogen-bond donors (Lipinski definition) is 1. The van der Waals surface area contributed by atoms with Gasteiger partial charge in [0.1, 0.15) is 18.2 Å². The lowest BCUT2D eigenvalue weighted by atomic mass is 9.70. The first kappa shape index (κ1) is 30.1. The Bertz CT molecular complexity index is 1560. The van der Waals surface area contributed by atoms with Crippen LogP contribution in [0.1, 0.15) is 24.8 Å². The lowest BCUT2D eigenvalue weighted by molar-refractivity contribution is -0.145. The Labute approximate surface area is 261 Å². The number of para-hydroxylation sites is 1. The number of aliphatic hydroxyl groups excluding tert-OH is 1. The molecule has 230 valence electrons. The van der Waals surface area contributed by atoms with Crippen molar-refractivity contribution in [2.45, 2.75) is 48.5 Å². The second-order valence-corrected chi connectivity index (χ2v) is 13.3. The van der Waals surface area contributed by atoms with E-state index in [0.717, 1.165) is 23.0 Å². The number of nitrogens with zero attached hydrogens (tertiary/aromatic N) is 6. The van der Waals surface area contributed by atoms with Crippen LogP contribution in [0.4, 0.5) is 0 Å². The normalized spacial score (nSPS) is 25.3. The summed E-state index contributed by atoms with van der Waals surface area (Å²) in [5, 5.41) is 18.2. The second kappa shape index (κ2) is 12.6. The zero-order valence-electron chi connectivity index (χ0n) is 24.7. The van der Waals surface area contributed by atoms with Gasteiger partial charge in [0.05, 0.1) is 22.1 Å². The van der Waals surface area contributed by atoms with Crippen molar-refractivity contribution in [1.29, 1.82) is 0 Å². The van der Waals surface area contributed by atoms with Gasteiger partial charge in [-0.1, -0.05) is 59.8 Å². The maximum atomic E-state index is 14.6. The molecule has 3 aliphatic heterocycles. The van der Waals surface area contributed by atoms with Crippen LogP contribution in [0.25, 0.3) is 11.0 Å². The van der Waals surface area contributed by atoms with Gasteiger partial charge < -0.3 is 19.8 Å². The number of amides is 3. The largest absolute Gasteiger partial charge is 0.396 e. The Morgan fingerprint density at radius 1 is 1.05 bits per heavy atom. The third-order valence-electron chi connectivity index (χ3n) is 9.14. The molecule has 2 unspecified atom stereocenters. The average molecular weight is 615 g/mol. The number of aromatic nitrogens is 3. The van der Waals surface area contributed by atoms with Gasteiger partial charge in [-0.2, -0.15) is 0 Å². The molecule has 2 bridgehead atoms. The fourth-order valence-electron chi connectivity index (χ4n) is 7.33. The summed E-state index contributed by atoms with van der Waals surface area (Å²) < 4.78 is 0.952. The van der Waals surface area contributed by atoms with E-state index in [1.54, 1.807) is 43.3 Å². The molecular weight excluding hydrogens is 576 g/mol. The molecule has 3 saturated heterocycles. The first-order valence-electron chi connectivity index (χ1n) is 15.1. The van der Waals surface area contributed by atoms with Crippen LogP contribution in [0, 0.1) is 11.8 Å². The van der Waals surface area contributed by atoms with Crippen LogP contribution in [0.2, 0.25) is 0 Å². The van der Waals surface area contributed by atoms with Gasteiger partial charge in [-0.3, -0.25) is 14.4 Å². The van der Waals surface area contributed by atoms with Crippen LogP contribution in [0.15, 0.2) is 79.9 Å². The Balaban J connectivity index is 1.33. The molecule has 1 aromatic heterocycles. The van der Waals surface area contributed by atoms with Gasteiger partial charge in [0.2, 0.25) is 17.7 Å². The summed E-state index contributed by atoms with van der Waals surface area (Å²) in [4.78, 5) is 48.4. The van der Waals surface area contributed by atoms with E-state index >= 15 is 0 Å². The summed E-state index contributed by atoms with van der Waals surface area (Å²) in [6.45, 7) is 9.09. The van der Waals surface area contributed by atoms with E-state index in [4.69, 9.17) is 0 Å². The van der Waals surface area contributed by atoms with Gasteiger partial charge in [0, 0.05) is 38.0 Å². The molecule has 5 atom stereocenters. The van der Waals surface area contributed by atoms with Gasteiger partial charge >= 0.3 is 0 Å². The van der Waals surface area contributed by atoms with E-state index in [2.05, 4.69) is 23.5 Å². The van der Waals surface area contributed by atoms with Gasteiger partial charge in [-0.25, -0.2) is 4.68 Å². The van der Waals surface area contributed by atoms with E-state index in [1.807, 2.05) is 54.6 Å². The van der Waals surface area contributed by atoms with Gasteiger partial charge in [-0.05, 0) is 37.0 Å². The fourth-order valence-corrected chi connectivity index (χ4v) is 9.53. The number of hydrogen-bond acceptors (Lipinski definition) is 7. The third-order valence-corrected chi connectivity index (χ3v) is 11.1. The van der Waals surface area contributed by atoms with Crippen LogP contribution in [0.5, 0.6) is 0 Å². The minimum absolute atomic E-state index is 0.0538. The summed E-state index contributed by atoms with van der Waals surface area (Å²) in [7, 11) is 0. The summed E-state index contributed by atoms with van der Waals surface area (Å²) in [5.41, 5.74) is 2.53. The van der Waals surface area contributed by atoms with Crippen LogP contribution in [-0.4, -0.2) is 94.8 Å². The molecule has 44 heavy (non-hydrogen) atoms. The molecule has 0 aliphatic carbocycles. The number of benzene rings is 2. The quantitative estimate of drug-likeness (QED) is 0.295. The van der Waals surface area contributed by atoms with Crippen molar-refractivity contribution in [3.63, 3.8) is 0 Å². The Kier molecular flexibility index (Phi) is 8.59. The van der Waals surface area contributed by atoms with E-state index < -0.39 is 22.6 Å². The summed E-state index contributed by atoms with van der Waals surface area (Å²) in [6.07, 6.45) is 5.15. The molecule has 4 heterocycles. The van der Waals surface area contributed by atoms with Crippen molar-refractivity contribution in [1.82, 2.24) is 29.7 Å². The highest BCUT2D eigenvalue weighted by Gasteiger charge is 2.74. The van der Waals surface area contributed by atoms with E-state index in [0.29, 0.717) is 25.9 Å². The number of fused-ring (bicyclic) bond motifs is 2. The molecule has 1 N–H and O–H groups in total. The number of aliphatic hydroxyl groups is 1. The van der Waals surface area contributed by atoms with Gasteiger partial charge in [0.25, 0.3) is 0 Å². The summed E-state index contributed by atoms with van der Waals surface area (Å²) >= 11 is 1.64. The minimum atomic E-state index is -0.768. The van der Waals surface area contributed by atoms with Crippen molar-refractivity contribution < 1.29 is 19.5 Å². The van der Waals surface area contributed by atoms with Crippen molar-refractivity contribution in [2.24, 2.45) is 11.8 Å². The highest BCUT2D eigenvalue weighted by molar-refractivity contribution is 8.02. The zero-order chi connectivity index (χ0) is 30.8.